The molecule has 3 rings (SSSR count). The third kappa shape index (κ3) is 2.77. The van der Waals surface area contributed by atoms with Crippen LogP contribution < -0.4 is 10.9 Å². The van der Waals surface area contributed by atoms with Crippen molar-refractivity contribution in [1.29, 1.82) is 0 Å². The summed E-state index contributed by atoms with van der Waals surface area (Å²) in [5.41, 5.74) is 0.719. The maximum Gasteiger partial charge on any atom is 0.262 e. The van der Waals surface area contributed by atoms with E-state index in [2.05, 4.69) is 15.4 Å². The summed E-state index contributed by atoms with van der Waals surface area (Å²) in [6.45, 7) is 2.15. The minimum Gasteiger partial charge on any atom is -0.311 e. The SMILES string of the molecule is Cc1cc(NC(=O)CCn2cnc3sccc3c2=O)n(C)n1. The first kappa shape index (κ1) is 14.5. The van der Waals surface area contributed by atoms with Gasteiger partial charge in [0.25, 0.3) is 5.56 Å². The fourth-order valence-electron chi connectivity index (χ4n) is 2.21. The number of thiophene rings is 1. The van der Waals surface area contributed by atoms with Crippen molar-refractivity contribution >= 4 is 33.3 Å². The molecule has 1 amide bonds. The van der Waals surface area contributed by atoms with E-state index >= 15 is 0 Å². The summed E-state index contributed by atoms with van der Waals surface area (Å²) in [4.78, 5) is 29.1. The average molecular weight is 317 g/mol. The van der Waals surface area contributed by atoms with E-state index < -0.39 is 0 Å². The molecule has 0 aliphatic rings. The van der Waals surface area contributed by atoms with Gasteiger partial charge in [0.2, 0.25) is 5.91 Å². The highest BCUT2D eigenvalue weighted by Crippen LogP contribution is 2.13. The zero-order valence-corrected chi connectivity index (χ0v) is 13.1. The number of rotatable bonds is 4. The number of nitrogens with zero attached hydrogens (tertiary/aromatic N) is 4. The van der Waals surface area contributed by atoms with E-state index in [0.717, 1.165) is 10.5 Å². The van der Waals surface area contributed by atoms with Gasteiger partial charge in [0.05, 0.1) is 17.4 Å². The van der Waals surface area contributed by atoms with Crippen molar-refractivity contribution in [1.82, 2.24) is 19.3 Å². The number of aromatic nitrogens is 4. The lowest BCUT2D eigenvalue weighted by Crippen LogP contribution is -2.23. The maximum absolute atomic E-state index is 12.2. The zero-order chi connectivity index (χ0) is 15.7. The Bertz CT molecular complexity index is 892. The van der Waals surface area contributed by atoms with E-state index in [9.17, 15) is 9.59 Å². The minimum absolute atomic E-state index is 0.115. The zero-order valence-electron chi connectivity index (χ0n) is 12.2. The molecule has 0 saturated heterocycles. The normalized spacial score (nSPS) is 11.0. The molecule has 3 heterocycles. The maximum atomic E-state index is 12.2. The summed E-state index contributed by atoms with van der Waals surface area (Å²) in [6.07, 6.45) is 1.68. The summed E-state index contributed by atoms with van der Waals surface area (Å²) in [7, 11) is 1.77. The van der Waals surface area contributed by atoms with Gasteiger partial charge in [-0.25, -0.2) is 4.98 Å². The van der Waals surface area contributed by atoms with E-state index in [1.165, 1.54) is 22.2 Å². The molecule has 114 valence electrons. The summed E-state index contributed by atoms with van der Waals surface area (Å²) < 4.78 is 3.07. The second-order valence-corrected chi connectivity index (χ2v) is 5.87. The number of carbonyl (C=O) groups excluding carboxylic acids is 1. The van der Waals surface area contributed by atoms with Gasteiger partial charge in [-0.3, -0.25) is 18.8 Å². The van der Waals surface area contributed by atoms with Gasteiger partial charge < -0.3 is 5.32 Å². The Balaban J connectivity index is 1.68. The van der Waals surface area contributed by atoms with Crippen LogP contribution in [0.1, 0.15) is 12.1 Å². The number of carbonyl (C=O) groups is 1. The molecular formula is C14H15N5O2S. The van der Waals surface area contributed by atoms with E-state index in [-0.39, 0.29) is 17.9 Å². The van der Waals surface area contributed by atoms with Crippen molar-refractivity contribution in [3.63, 3.8) is 0 Å². The van der Waals surface area contributed by atoms with Crippen molar-refractivity contribution in [2.45, 2.75) is 19.9 Å². The smallest absolute Gasteiger partial charge is 0.262 e. The molecule has 3 aromatic rings. The Labute approximate surface area is 130 Å². The topological polar surface area (TPSA) is 81.8 Å². The first-order valence-corrected chi connectivity index (χ1v) is 7.65. The summed E-state index contributed by atoms with van der Waals surface area (Å²) >= 11 is 1.43. The fraction of sp³-hybridized carbons (Fsp3) is 0.286. The molecule has 0 aliphatic carbocycles. The Hall–Kier alpha value is -2.48. The molecule has 1 N–H and O–H groups in total. The van der Waals surface area contributed by atoms with Gasteiger partial charge >= 0.3 is 0 Å². The van der Waals surface area contributed by atoms with Gasteiger partial charge in [0.15, 0.2) is 0 Å². The van der Waals surface area contributed by atoms with Crippen LogP contribution in [0.4, 0.5) is 5.82 Å². The Morgan fingerprint density at radius 3 is 3.00 bits per heavy atom. The molecular weight excluding hydrogens is 302 g/mol. The summed E-state index contributed by atoms with van der Waals surface area (Å²) in [5, 5.41) is 9.37. The van der Waals surface area contributed by atoms with Crippen molar-refractivity contribution in [2.24, 2.45) is 7.05 Å². The number of hydrogen-bond acceptors (Lipinski definition) is 5. The fourth-order valence-corrected chi connectivity index (χ4v) is 2.93. The van der Waals surface area contributed by atoms with Gasteiger partial charge in [-0.1, -0.05) is 0 Å². The number of fused-ring (bicyclic) bond motifs is 1. The van der Waals surface area contributed by atoms with Gasteiger partial charge in [-0.2, -0.15) is 5.10 Å². The van der Waals surface area contributed by atoms with Crippen LogP contribution >= 0.6 is 11.3 Å². The van der Waals surface area contributed by atoms with E-state index in [1.807, 2.05) is 12.3 Å². The summed E-state index contributed by atoms with van der Waals surface area (Å²) in [5.74, 6) is 0.474. The largest absolute Gasteiger partial charge is 0.311 e. The Kier molecular flexibility index (Phi) is 3.76. The first-order chi connectivity index (χ1) is 10.5. The lowest BCUT2D eigenvalue weighted by atomic mass is 10.3. The van der Waals surface area contributed by atoms with Crippen LogP contribution in [0.15, 0.2) is 28.6 Å². The predicted molar refractivity (Wildman–Crippen MR) is 85.1 cm³/mol. The molecule has 8 heteroatoms. The Morgan fingerprint density at radius 1 is 1.45 bits per heavy atom. The third-order valence-electron chi connectivity index (χ3n) is 3.30. The lowest BCUT2D eigenvalue weighted by molar-refractivity contribution is -0.116. The van der Waals surface area contributed by atoms with E-state index in [0.29, 0.717) is 17.7 Å². The standard InChI is InChI=1S/C14H15N5O2S/c1-9-7-11(18(2)17-9)16-12(20)3-5-19-8-15-13-10(14(19)21)4-6-22-13/h4,6-8H,3,5H2,1-2H3,(H,16,20). The van der Waals surface area contributed by atoms with Crippen LogP contribution in [-0.4, -0.2) is 25.2 Å². The molecule has 0 aromatic carbocycles. The lowest BCUT2D eigenvalue weighted by Gasteiger charge is -2.07. The van der Waals surface area contributed by atoms with Gasteiger partial charge in [-0.05, 0) is 18.4 Å². The van der Waals surface area contributed by atoms with Crippen molar-refractivity contribution < 1.29 is 4.79 Å². The highest BCUT2D eigenvalue weighted by Gasteiger charge is 2.09. The van der Waals surface area contributed by atoms with Crippen LogP contribution in [0.3, 0.4) is 0 Å². The van der Waals surface area contributed by atoms with Crippen LogP contribution in [0.25, 0.3) is 10.2 Å². The number of nitrogens with one attached hydrogen (secondary N) is 1. The number of hydrogen-bond donors (Lipinski definition) is 1. The minimum atomic E-state index is -0.166. The molecule has 0 unspecified atom stereocenters. The molecule has 7 nitrogen and oxygen atoms in total. The van der Waals surface area contributed by atoms with E-state index in [4.69, 9.17) is 0 Å². The molecule has 0 bridgehead atoms. The van der Waals surface area contributed by atoms with Gasteiger partial charge in [0.1, 0.15) is 10.6 Å². The number of anilines is 1. The predicted octanol–water partition coefficient (Wildman–Crippen LogP) is 1.53. The highest BCUT2D eigenvalue weighted by molar-refractivity contribution is 7.16. The third-order valence-corrected chi connectivity index (χ3v) is 4.12. The second kappa shape index (κ2) is 5.72. The van der Waals surface area contributed by atoms with Crippen LogP contribution in [0.5, 0.6) is 0 Å². The molecule has 0 aliphatic heterocycles. The second-order valence-electron chi connectivity index (χ2n) is 4.98. The first-order valence-electron chi connectivity index (χ1n) is 6.78. The Morgan fingerprint density at radius 2 is 2.27 bits per heavy atom. The molecule has 3 aromatic heterocycles. The molecule has 0 radical (unpaired) electrons. The van der Waals surface area contributed by atoms with Crippen LogP contribution in [0, 0.1) is 6.92 Å². The highest BCUT2D eigenvalue weighted by atomic mass is 32.1. The molecule has 0 saturated carbocycles. The van der Waals surface area contributed by atoms with Gasteiger partial charge in [-0.15, -0.1) is 11.3 Å². The quantitative estimate of drug-likeness (QED) is 0.791. The van der Waals surface area contributed by atoms with Gasteiger partial charge in [0, 0.05) is 26.1 Å². The molecule has 0 atom stereocenters. The molecule has 0 fully saturated rings. The monoisotopic (exact) mass is 317 g/mol. The average Bonchev–Trinajstić information content (AvgIpc) is 3.05. The van der Waals surface area contributed by atoms with Crippen molar-refractivity contribution in [2.75, 3.05) is 5.32 Å². The number of amides is 1. The van der Waals surface area contributed by atoms with Crippen molar-refractivity contribution in [3.8, 4) is 0 Å². The molecule has 0 spiro atoms. The van der Waals surface area contributed by atoms with Crippen LogP contribution in [-0.2, 0) is 18.4 Å². The summed E-state index contributed by atoms with van der Waals surface area (Å²) in [6, 6.07) is 3.55. The van der Waals surface area contributed by atoms with Crippen molar-refractivity contribution in [3.05, 3.63) is 39.9 Å². The van der Waals surface area contributed by atoms with Crippen LogP contribution in [0.2, 0.25) is 0 Å². The number of aryl methyl sites for hydroxylation is 3. The molecule has 22 heavy (non-hydrogen) atoms. The van der Waals surface area contributed by atoms with E-state index in [1.54, 1.807) is 23.9 Å².